The fourth-order valence-electron chi connectivity index (χ4n) is 1.83. The lowest BCUT2D eigenvalue weighted by atomic mass is 10.0. The van der Waals surface area contributed by atoms with Crippen LogP contribution in [0.5, 0.6) is 0 Å². The third-order valence-corrected chi connectivity index (χ3v) is 2.89. The first-order valence-electron chi connectivity index (χ1n) is 6.18. The second-order valence-corrected chi connectivity index (χ2v) is 4.39. The molecule has 2 aromatic rings. The van der Waals surface area contributed by atoms with E-state index in [9.17, 15) is 5.11 Å². The molecule has 0 aliphatic carbocycles. The second-order valence-electron chi connectivity index (χ2n) is 4.39. The highest BCUT2D eigenvalue weighted by molar-refractivity contribution is 5.79. The van der Waals surface area contributed by atoms with Crippen molar-refractivity contribution in [3.05, 3.63) is 48.5 Å². The van der Waals surface area contributed by atoms with Crippen LogP contribution in [0.15, 0.2) is 48.5 Å². The van der Waals surface area contributed by atoms with Gasteiger partial charge in [0.05, 0.1) is 12.7 Å². The average Bonchev–Trinajstić information content (AvgIpc) is 2.47. The van der Waals surface area contributed by atoms with E-state index in [0.717, 1.165) is 16.8 Å². The number of nitrogens with one attached hydrogen (secondary N) is 1. The molecule has 1 atom stereocenters. The van der Waals surface area contributed by atoms with Gasteiger partial charge in [-0.3, -0.25) is 0 Å². The minimum absolute atomic E-state index is 0.256. The minimum Gasteiger partial charge on any atom is -0.398 e. The van der Waals surface area contributed by atoms with E-state index >= 15 is 0 Å². The molecule has 0 aliphatic heterocycles. The average molecular weight is 258 g/mol. The number of aliphatic hydroxyl groups excluding tert-OH is 2. The van der Waals surface area contributed by atoms with Crippen molar-refractivity contribution in [2.45, 2.75) is 6.10 Å². The Hall–Kier alpha value is -2.04. The van der Waals surface area contributed by atoms with Crippen molar-refractivity contribution in [2.24, 2.45) is 0 Å². The Morgan fingerprint density at radius 3 is 2.53 bits per heavy atom. The van der Waals surface area contributed by atoms with Gasteiger partial charge >= 0.3 is 0 Å². The number of nitrogens with two attached hydrogens (primary N) is 1. The van der Waals surface area contributed by atoms with Crippen molar-refractivity contribution in [2.75, 3.05) is 24.2 Å². The van der Waals surface area contributed by atoms with Gasteiger partial charge in [-0.1, -0.05) is 30.3 Å². The third kappa shape index (κ3) is 3.47. The Morgan fingerprint density at radius 1 is 1.11 bits per heavy atom. The molecular weight excluding hydrogens is 240 g/mol. The monoisotopic (exact) mass is 258 g/mol. The fraction of sp³-hybridized carbons (Fsp3) is 0.200. The normalized spacial score (nSPS) is 12.1. The summed E-state index contributed by atoms with van der Waals surface area (Å²) in [6, 6.07) is 15.5. The van der Waals surface area contributed by atoms with Gasteiger partial charge in [-0.2, -0.15) is 0 Å². The van der Waals surface area contributed by atoms with Crippen LogP contribution >= 0.6 is 0 Å². The van der Waals surface area contributed by atoms with E-state index in [0.29, 0.717) is 12.2 Å². The molecule has 0 radical (unpaired) electrons. The summed E-state index contributed by atoms with van der Waals surface area (Å²) < 4.78 is 0. The maximum atomic E-state index is 9.32. The van der Waals surface area contributed by atoms with Crippen LogP contribution in [-0.2, 0) is 0 Å². The summed E-state index contributed by atoms with van der Waals surface area (Å²) in [5.74, 6) is 0. The van der Waals surface area contributed by atoms with Crippen molar-refractivity contribution < 1.29 is 10.2 Å². The van der Waals surface area contributed by atoms with Crippen LogP contribution in [0.25, 0.3) is 11.1 Å². The topological polar surface area (TPSA) is 78.5 Å². The molecule has 2 rings (SSSR count). The predicted octanol–water partition coefficient (Wildman–Crippen LogP) is 1.70. The summed E-state index contributed by atoms with van der Waals surface area (Å²) in [7, 11) is 0. The lowest BCUT2D eigenvalue weighted by Crippen LogP contribution is -2.22. The molecule has 100 valence electrons. The zero-order valence-corrected chi connectivity index (χ0v) is 10.6. The lowest BCUT2D eigenvalue weighted by Gasteiger charge is -2.13. The van der Waals surface area contributed by atoms with Crippen LogP contribution in [0.4, 0.5) is 11.4 Å². The van der Waals surface area contributed by atoms with E-state index in [1.54, 1.807) is 0 Å². The largest absolute Gasteiger partial charge is 0.398 e. The van der Waals surface area contributed by atoms with Gasteiger partial charge in [0.15, 0.2) is 0 Å². The van der Waals surface area contributed by atoms with E-state index in [1.807, 2.05) is 48.5 Å². The van der Waals surface area contributed by atoms with Crippen LogP contribution in [0, 0.1) is 0 Å². The molecule has 0 amide bonds. The zero-order chi connectivity index (χ0) is 13.7. The van der Waals surface area contributed by atoms with Gasteiger partial charge in [-0.25, -0.2) is 0 Å². The van der Waals surface area contributed by atoms with E-state index in [2.05, 4.69) is 5.32 Å². The molecule has 0 spiro atoms. The number of hydrogen-bond donors (Lipinski definition) is 4. The molecule has 5 N–H and O–H groups in total. The van der Waals surface area contributed by atoms with E-state index in [-0.39, 0.29) is 6.61 Å². The molecule has 0 saturated carbocycles. The molecule has 0 aromatic heterocycles. The van der Waals surface area contributed by atoms with Crippen molar-refractivity contribution in [1.29, 1.82) is 0 Å². The third-order valence-electron chi connectivity index (χ3n) is 2.89. The first-order valence-corrected chi connectivity index (χ1v) is 6.18. The Balaban J connectivity index is 2.20. The second kappa shape index (κ2) is 6.22. The zero-order valence-electron chi connectivity index (χ0n) is 10.6. The van der Waals surface area contributed by atoms with Crippen molar-refractivity contribution in [3.63, 3.8) is 0 Å². The molecule has 0 saturated heterocycles. The molecule has 0 bridgehead atoms. The highest BCUT2D eigenvalue weighted by Crippen LogP contribution is 2.28. The molecule has 0 heterocycles. The van der Waals surface area contributed by atoms with E-state index in [1.165, 1.54) is 0 Å². The minimum atomic E-state index is -0.766. The summed E-state index contributed by atoms with van der Waals surface area (Å²) in [6.07, 6.45) is -0.766. The fourth-order valence-corrected chi connectivity index (χ4v) is 1.83. The number of rotatable bonds is 5. The number of hydrogen-bond acceptors (Lipinski definition) is 4. The SMILES string of the molecule is Nc1ccc(NCC(O)CO)cc1-c1ccccc1. The quantitative estimate of drug-likeness (QED) is 0.616. The summed E-state index contributed by atoms with van der Waals surface area (Å²) in [5, 5.41) is 21.2. The standard InChI is InChI=1S/C15H18N2O2/c16-15-7-6-12(17-9-13(19)10-18)8-14(15)11-4-2-1-3-5-11/h1-8,13,17-19H,9-10,16H2. The predicted molar refractivity (Wildman–Crippen MR) is 77.9 cm³/mol. The van der Waals surface area contributed by atoms with Gasteiger partial charge < -0.3 is 21.3 Å². The van der Waals surface area contributed by atoms with Gasteiger partial charge in [-0.15, -0.1) is 0 Å². The van der Waals surface area contributed by atoms with Crippen molar-refractivity contribution in [1.82, 2.24) is 0 Å². The van der Waals surface area contributed by atoms with Crippen LogP contribution in [0.1, 0.15) is 0 Å². The lowest BCUT2D eigenvalue weighted by molar-refractivity contribution is 0.105. The van der Waals surface area contributed by atoms with E-state index in [4.69, 9.17) is 10.8 Å². The highest BCUT2D eigenvalue weighted by atomic mass is 16.3. The number of aliphatic hydroxyl groups is 2. The molecule has 1 unspecified atom stereocenters. The highest BCUT2D eigenvalue weighted by Gasteiger charge is 2.05. The maximum absolute atomic E-state index is 9.32. The Bertz CT molecular complexity index is 529. The molecule has 19 heavy (non-hydrogen) atoms. The molecule has 2 aromatic carbocycles. The Labute approximate surface area is 112 Å². The Kier molecular flexibility index (Phi) is 4.39. The summed E-state index contributed by atoms with van der Waals surface area (Å²) in [6.45, 7) is 0.0438. The number of benzene rings is 2. The molecule has 0 aliphatic rings. The van der Waals surface area contributed by atoms with Crippen molar-refractivity contribution >= 4 is 11.4 Å². The molecular formula is C15H18N2O2. The molecule has 0 fully saturated rings. The van der Waals surface area contributed by atoms with Crippen LogP contribution in [0.3, 0.4) is 0 Å². The first kappa shape index (κ1) is 13.4. The smallest absolute Gasteiger partial charge is 0.0942 e. The van der Waals surface area contributed by atoms with Gasteiger partial charge in [0.1, 0.15) is 0 Å². The van der Waals surface area contributed by atoms with Gasteiger partial charge in [0.25, 0.3) is 0 Å². The number of anilines is 2. The Morgan fingerprint density at radius 2 is 1.84 bits per heavy atom. The molecule has 4 heteroatoms. The first-order chi connectivity index (χ1) is 9.20. The molecule has 4 nitrogen and oxygen atoms in total. The van der Waals surface area contributed by atoms with Gasteiger partial charge in [0, 0.05) is 23.5 Å². The summed E-state index contributed by atoms with van der Waals surface area (Å²) in [5.41, 5.74) is 9.55. The summed E-state index contributed by atoms with van der Waals surface area (Å²) in [4.78, 5) is 0. The van der Waals surface area contributed by atoms with Gasteiger partial charge in [-0.05, 0) is 23.8 Å². The van der Waals surface area contributed by atoms with Crippen LogP contribution < -0.4 is 11.1 Å². The maximum Gasteiger partial charge on any atom is 0.0942 e. The van der Waals surface area contributed by atoms with Crippen LogP contribution in [0.2, 0.25) is 0 Å². The van der Waals surface area contributed by atoms with Crippen LogP contribution in [-0.4, -0.2) is 29.5 Å². The van der Waals surface area contributed by atoms with Crippen molar-refractivity contribution in [3.8, 4) is 11.1 Å². The summed E-state index contributed by atoms with van der Waals surface area (Å²) >= 11 is 0. The van der Waals surface area contributed by atoms with Gasteiger partial charge in [0.2, 0.25) is 0 Å². The van der Waals surface area contributed by atoms with E-state index < -0.39 is 6.10 Å². The number of nitrogen functional groups attached to an aromatic ring is 1.